The Hall–Kier alpha value is -1.24. The molecule has 2 rings (SSSR count). The summed E-state index contributed by atoms with van der Waals surface area (Å²) < 4.78 is 5.15. The average molecular weight is 409 g/mol. The summed E-state index contributed by atoms with van der Waals surface area (Å²) in [6.45, 7) is 3.58. The number of nitrogens with zero attached hydrogens (tertiary/aromatic N) is 1. The average Bonchev–Trinajstić information content (AvgIpc) is 2.58. The zero-order valence-corrected chi connectivity index (χ0v) is 16.2. The molecule has 138 valence electrons. The van der Waals surface area contributed by atoms with E-state index in [1.165, 1.54) is 13.3 Å². The van der Waals surface area contributed by atoms with Gasteiger partial charge in [-0.05, 0) is 25.7 Å². The zero-order valence-electron chi connectivity index (χ0n) is 13.9. The van der Waals surface area contributed by atoms with Crippen LogP contribution >= 0.6 is 34.8 Å². The van der Waals surface area contributed by atoms with Crippen LogP contribution in [0.25, 0.3) is 0 Å². The van der Waals surface area contributed by atoms with Gasteiger partial charge in [0.25, 0.3) is 5.91 Å². The fourth-order valence-electron chi connectivity index (χ4n) is 2.77. The Morgan fingerprint density at radius 3 is 2.52 bits per heavy atom. The maximum absolute atomic E-state index is 12.3. The van der Waals surface area contributed by atoms with Gasteiger partial charge >= 0.3 is 5.97 Å². The van der Waals surface area contributed by atoms with E-state index >= 15 is 0 Å². The molecule has 6 nitrogen and oxygen atoms in total. The molecule has 1 aromatic heterocycles. The van der Waals surface area contributed by atoms with Gasteiger partial charge in [-0.1, -0.05) is 54.6 Å². The van der Waals surface area contributed by atoms with E-state index in [4.69, 9.17) is 45.3 Å². The van der Waals surface area contributed by atoms with Crippen molar-refractivity contribution in [3.8, 4) is 0 Å². The molecule has 25 heavy (non-hydrogen) atoms. The molecule has 1 aliphatic carbocycles. The van der Waals surface area contributed by atoms with Gasteiger partial charge in [0.2, 0.25) is 0 Å². The number of rotatable bonds is 4. The van der Waals surface area contributed by atoms with Crippen molar-refractivity contribution >= 4 is 52.4 Å². The molecule has 0 saturated heterocycles. The smallest absolute Gasteiger partial charge is 0.359 e. The van der Waals surface area contributed by atoms with E-state index in [2.05, 4.69) is 17.2 Å². The molecule has 3 N–H and O–H groups in total. The highest BCUT2D eigenvalue weighted by molar-refractivity contribution is 6.46. The molecule has 3 atom stereocenters. The van der Waals surface area contributed by atoms with Gasteiger partial charge in [0.1, 0.15) is 5.02 Å². The Bertz CT molecular complexity index is 684. The normalized spacial score (nSPS) is 21.5. The van der Waals surface area contributed by atoms with E-state index in [1.807, 2.05) is 0 Å². The highest BCUT2D eigenvalue weighted by Crippen LogP contribution is 2.34. The number of hydrogen-bond acceptors (Lipinski definition) is 5. The lowest BCUT2D eigenvalue weighted by atomic mass is 9.86. The molecule has 0 spiro atoms. The molecule has 1 heterocycles. The molecular formula is C16H20Cl3N3O3. The molecule has 9 heteroatoms. The number of nitrogen functional groups attached to an aromatic ring is 1. The van der Waals surface area contributed by atoms with Gasteiger partial charge < -0.3 is 15.8 Å². The number of nitrogens with two attached hydrogens (primary N) is 1. The van der Waals surface area contributed by atoms with Crippen LogP contribution in [-0.2, 0) is 9.53 Å². The Morgan fingerprint density at radius 1 is 1.24 bits per heavy atom. The van der Waals surface area contributed by atoms with Crippen LogP contribution in [0.5, 0.6) is 0 Å². The standard InChI is InChI=1S/C16H20Cl3N3O3/c1-7-5-3-4-6-9(7)21-15(23)8(2)25-16(24)13-10(17)12(20)11(18)14(19)22-13/h7-9H,3-6H2,1-2H3,(H2,20,22)(H,21,23)/t7-,8+,9-/m0/s1. The number of amides is 1. The lowest BCUT2D eigenvalue weighted by Gasteiger charge is -2.30. The molecule has 0 bridgehead atoms. The maximum atomic E-state index is 12.3. The number of pyridine rings is 1. The zero-order chi connectivity index (χ0) is 18.7. The van der Waals surface area contributed by atoms with Gasteiger partial charge in [-0.3, -0.25) is 4.79 Å². The van der Waals surface area contributed by atoms with E-state index in [0.717, 1.165) is 19.3 Å². The van der Waals surface area contributed by atoms with Gasteiger partial charge in [0, 0.05) is 6.04 Å². The highest BCUT2D eigenvalue weighted by Gasteiger charge is 2.28. The summed E-state index contributed by atoms with van der Waals surface area (Å²) in [6.07, 6.45) is 3.23. The molecule has 0 radical (unpaired) electrons. The monoisotopic (exact) mass is 407 g/mol. The van der Waals surface area contributed by atoms with Crippen LogP contribution in [0.1, 0.15) is 50.0 Å². The Morgan fingerprint density at radius 2 is 1.88 bits per heavy atom. The van der Waals surface area contributed by atoms with Crippen LogP contribution in [0.15, 0.2) is 0 Å². The van der Waals surface area contributed by atoms with Gasteiger partial charge in [-0.15, -0.1) is 0 Å². The van der Waals surface area contributed by atoms with Crippen molar-refractivity contribution in [1.29, 1.82) is 0 Å². The van der Waals surface area contributed by atoms with Crippen LogP contribution in [0.4, 0.5) is 5.69 Å². The topological polar surface area (TPSA) is 94.3 Å². The number of carbonyl (C=O) groups is 2. The first-order chi connectivity index (χ1) is 11.7. The summed E-state index contributed by atoms with van der Waals surface area (Å²) in [6, 6.07) is 0.0877. The van der Waals surface area contributed by atoms with Crippen molar-refractivity contribution in [1.82, 2.24) is 10.3 Å². The van der Waals surface area contributed by atoms with Crippen LogP contribution in [0.3, 0.4) is 0 Å². The number of ether oxygens (including phenoxy) is 1. The molecule has 0 aromatic carbocycles. The summed E-state index contributed by atoms with van der Waals surface area (Å²) in [4.78, 5) is 28.3. The fraction of sp³-hybridized carbons (Fsp3) is 0.562. The minimum Gasteiger partial charge on any atom is -0.448 e. The fourth-order valence-corrected chi connectivity index (χ4v) is 3.35. The molecule has 1 aliphatic rings. The third-order valence-electron chi connectivity index (χ3n) is 4.36. The second-order valence-corrected chi connectivity index (χ2v) is 7.33. The van der Waals surface area contributed by atoms with E-state index in [9.17, 15) is 9.59 Å². The molecule has 1 aromatic rings. The number of aromatic nitrogens is 1. The van der Waals surface area contributed by atoms with Gasteiger partial charge in [0.05, 0.1) is 10.7 Å². The van der Waals surface area contributed by atoms with Crippen molar-refractivity contribution in [3.63, 3.8) is 0 Å². The second-order valence-electron chi connectivity index (χ2n) is 6.22. The number of carbonyl (C=O) groups excluding carboxylic acids is 2. The van der Waals surface area contributed by atoms with Crippen molar-refractivity contribution in [3.05, 3.63) is 20.9 Å². The van der Waals surface area contributed by atoms with Crippen molar-refractivity contribution in [2.24, 2.45) is 5.92 Å². The first-order valence-corrected chi connectivity index (χ1v) is 9.17. The molecule has 0 unspecified atom stereocenters. The number of esters is 1. The number of nitrogens with one attached hydrogen (secondary N) is 1. The van der Waals surface area contributed by atoms with Gasteiger partial charge in [0.15, 0.2) is 17.0 Å². The lowest BCUT2D eigenvalue weighted by molar-refractivity contribution is -0.130. The summed E-state index contributed by atoms with van der Waals surface area (Å²) >= 11 is 17.6. The summed E-state index contributed by atoms with van der Waals surface area (Å²) in [7, 11) is 0. The first kappa shape index (κ1) is 20.1. The van der Waals surface area contributed by atoms with Gasteiger partial charge in [-0.25, -0.2) is 9.78 Å². The van der Waals surface area contributed by atoms with Crippen LogP contribution < -0.4 is 11.1 Å². The molecule has 0 aliphatic heterocycles. The molecule has 1 saturated carbocycles. The number of anilines is 1. The van der Waals surface area contributed by atoms with Gasteiger partial charge in [-0.2, -0.15) is 0 Å². The molecular weight excluding hydrogens is 389 g/mol. The van der Waals surface area contributed by atoms with Crippen LogP contribution in [0.2, 0.25) is 15.2 Å². The predicted octanol–water partition coefficient (Wildman–Crippen LogP) is 3.86. The molecule has 1 amide bonds. The molecule has 1 fully saturated rings. The second kappa shape index (κ2) is 8.43. The number of halogens is 3. The maximum Gasteiger partial charge on any atom is 0.359 e. The third-order valence-corrected chi connectivity index (χ3v) is 5.49. The quantitative estimate of drug-likeness (QED) is 0.582. The SMILES string of the molecule is C[C@@H](OC(=O)c1nc(Cl)c(Cl)c(N)c1Cl)C(=O)N[C@H]1CCCC[C@@H]1C. The van der Waals surface area contributed by atoms with E-state index in [0.29, 0.717) is 5.92 Å². The first-order valence-electron chi connectivity index (χ1n) is 8.03. The van der Waals surface area contributed by atoms with Crippen molar-refractivity contribution in [2.75, 3.05) is 5.73 Å². The van der Waals surface area contributed by atoms with E-state index in [1.54, 1.807) is 0 Å². The van der Waals surface area contributed by atoms with Crippen LogP contribution in [0, 0.1) is 5.92 Å². The minimum absolute atomic E-state index is 0.0414. The Labute approximate surface area is 161 Å². The van der Waals surface area contributed by atoms with Crippen LogP contribution in [-0.4, -0.2) is 29.0 Å². The summed E-state index contributed by atoms with van der Waals surface area (Å²) in [5.41, 5.74) is 5.33. The van der Waals surface area contributed by atoms with Crippen molar-refractivity contribution < 1.29 is 14.3 Å². The highest BCUT2D eigenvalue weighted by atomic mass is 35.5. The van der Waals surface area contributed by atoms with E-state index in [-0.39, 0.29) is 38.5 Å². The largest absolute Gasteiger partial charge is 0.448 e. The third kappa shape index (κ3) is 4.68. The Kier molecular flexibility index (Phi) is 6.77. The Balaban J connectivity index is 2.03. The minimum atomic E-state index is -1.00. The van der Waals surface area contributed by atoms with Crippen molar-refractivity contribution in [2.45, 2.75) is 51.7 Å². The predicted molar refractivity (Wildman–Crippen MR) is 98.1 cm³/mol. The van der Waals surface area contributed by atoms with E-state index < -0.39 is 12.1 Å². The summed E-state index contributed by atoms with van der Waals surface area (Å²) in [5.74, 6) is -0.863. The lowest BCUT2D eigenvalue weighted by Crippen LogP contribution is -2.46. The number of hydrogen-bond donors (Lipinski definition) is 2. The summed E-state index contributed by atoms with van der Waals surface area (Å²) in [5, 5.41) is 2.57.